The molecule has 1 amide bonds. The minimum atomic E-state index is -0.0546. The van der Waals surface area contributed by atoms with Gasteiger partial charge in [0.2, 0.25) is 0 Å². The summed E-state index contributed by atoms with van der Waals surface area (Å²) in [5.41, 5.74) is 6.09. The van der Waals surface area contributed by atoms with Crippen molar-refractivity contribution >= 4 is 11.7 Å². The molecule has 1 aromatic rings. The van der Waals surface area contributed by atoms with Crippen LogP contribution in [0.2, 0.25) is 0 Å². The van der Waals surface area contributed by atoms with Crippen molar-refractivity contribution in [2.75, 3.05) is 5.73 Å². The average Bonchev–Trinajstić information content (AvgIpc) is 2.15. The predicted octanol–water partition coefficient (Wildman–Crippen LogP) is 1.19. The molecule has 4 nitrogen and oxygen atoms in total. The maximum absolute atomic E-state index is 11.7. The fourth-order valence-electron chi connectivity index (χ4n) is 1.88. The summed E-state index contributed by atoms with van der Waals surface area (Å²) in [5, 5.41) is 2.97. The summed E-state index contributed by atoms with van der Waals surface area (Å²) in [5.74, 6) is 1.06. The number of carbonyl (C=O) groups excluding carboxylic acids is 1. The molecule has 0 aromatic carbocycles. The Balaban J connectivity index is 1.96. The van der Waals surface area contributed by atoms with Crippen molar-refractivity contribution in [3.05, 3.63) is 23.9 Å². The minimum Gasteiger partial charge on any atom is -0.384 e. The summed E-state index contributed by atoms with van der Waals surface area (Å²) in [6.45, 7) is 2.19. The van der Waals surface area contributed by atoms with Crippen LogP contribution in [0.4, 0.5) is 5.82 Å². The molecule has 80 valence electrons. The Labute approximate surface area is 88.9 Å². The zero-order chi connectivity index (χ0) is 10.8. The second kappa shape index (κ2) is 3.88. The molecule has 3 N–H and O–H groups in total. The molecule has 15 heavy (non-hydrogen) atoms. The molecule has 0 bridgehead atoms. The number of hydrogen-bond donors (Lipinski definition) is 2. The first-order chi connectivity index (χ1) is 7.15. The molecule has 1 fully saturated rings. The van der Waals surface area contributed by atoms with Crippen LogP contribution in [0.3, 0.4) is 0 Å². The Morgan fingerprint density at radius 3 is 2.93 bits per heavy atom. The lowest BCUT2D eigenvalue weighted by atomic mass is 9.82. The Hall–Kier alpha value is -1.58. The van der Waals surface area contributed by atoms with E-state index < -0.39 is 0 Å². The lowest BCUT2D eigenvalue weighted by molar-refractivity contribution is 0.0896. The molecule has 0 spiro atoms. The molecule has 0 radical (unpaired) electrons. The van der Waals surface area contributed by atoms with E-state index in [1.54, 1.807) is 18.3 Å². The van der Waals surface area contributed by atoms with E-state index in [2.05, 4.69) is 17.2 Å². The monoisotopic (exact) mass is 205 g/mol. The van der Waals surface area contributed by atoms with Gasteiger partial charge in [-0.15, -0.1) is 0 Å². The summed E-state index contributed by atoms with van der Waals surface area (Å²) in [6, 6.07) is 3.60. The van der Waals surface area contributed by atoms with Crippen LogP contribution in [-0.4, -0.2) is 16.9 Å². The lowest BCUT2D eigenvalue weighted by Gasteiger charge is -2.33. The van der Waals surface area contributed by atoms with E-state index in [9.17, 15) is 4.79 Å². The molecule has 4 heteroatoms. The maximum Gasteiger partial charge on any atom is 0.251 e. The Morgan fingerprint density at radius 1 is 1.60 bits per heavy atom. The SMILES string of the molecule is CC1CC(NC(=O)c2ccnc(N)c2)C1. The first kappa shape index (κ1) is 9.96. The van der Waals surface area contributed by atoms with E-state index in [1.807, 2.05) is 0 Å². The van der Waals surface area contributed by atoms with Crippen LogP contribution in [0.15, 0.2) is 18.3 Å². The van der Waals surface area contributed by atoms with Crippen molar-refractivity contribution in [1.29, 1.82) is 0 Å². The number of anilines is 1. The van der Waals surface area contributed by atoms with Gasteiger partial charge < -0.3 is 11.1 Å². The molecule has 1 aliphatic carbocycles. The Kier molecular flexibility index (Phi) is 2.58. The van der Waals surface area contributed by atoms with Gasteiger partial charge in [-0.25, -0.2) is 4.98 Å². The highest BCUT2D eigenvalue weighted by atomic mass is 16.1. The van der Waals surface area contributed by atoms with Crippen LogP contribution in [0.25, 0.3) is 0 Å². The first-order valence-corrected chi connectivity index (χ1v) is 5.17. The van der Waals surface area contributed by atoms with Gasteiger partial charge in [0.25, 0.3) is 5.91 Å². The molecule has 1 aromatic heterocycles. The molecule has 1 heterocycles. The van der Waals surface area contributed by atoms with Crippen LogP contribution in [0.1, 0.15) is 30.1 Å². The number of hydrogen-bond acceptors (Lipinski definition) is 3. The first-order valence-electron chi connectivity index (χ1n) is 5.17. The number of rotatable bonds is 2. The number of nitrogens with zero attached hydrogens (tertiary/aromatic N) is 1. The van der Waals surface area contributed by atoms with Crippen LogP contribution in [-0.2, 0) is 0 Å². The molecule has 0 unspecified atom stereocenters. The summed E-state index contributed by atoms with van der Waals surface area (Å²) in [6.07, 6.45) is 3.70. The predicted molar refractivity (Wildman–Crippen MR) is 58.3 cm³/mol. The summed E-state index contributed by atoms with van der Waals surface area (Å²) >= 11 is 0. The van der Waals surface area contributed by atoms with E-state index >= 15 is 0 Å². The number of nitrogens with one attached hydrogen (secondary N) is 1. The van der Waals surface area contributed by atoms with Crippen molar-refractivity contribution in [1.82, 2.24) is 10.3 Å². The van der Waals surface area contributed by atoms with E-state index in [0.29, 0.717) is 17.4 Å². The zero-order valence-corrected chi connectivity index (χ0v) is 8.73. The smallest absolute Gasteiger partial charge is 0.251 e. The van der Waals surface area contributed by atoms with Gasteiger partial charge in [0.05, 0.1) is 0 Å². The van der Waals surface area contributed by atoms with Crippen LogP contribution >= 0.6 is 0 Å². The van der Waals surface area contributed by atoms with Gasteiger partial charge in [0.1, 0.15) is 5.82 Å². The summed E-state index contributed by atoms with van der Waals surface area (Å²) < 4.78 is 0. The second-order valence-corrected chi connectivity index (χ2v) is 4.22. The van der Waals surface area contributed by atoms with E-state index in [1.165, 1.54) is 0 Å². The van der Waals surface area contributed by atoms with E-state index in [4.69, 9.17) is 5.73 Å². The van der Waals surface area contributed by atoms with Gasteiger partial charge in [-0.05, 0) is 30.9 Å². The minimum absolute atomic E-state index is 0.0546. The molecule has 0 atom stereocenters. The van der Waals surface area contributed by atoms with E-state index in [0.717, 1.165) is 18.8 Å². The number of amides is 1. The Morgan fingerprint density at radius 2 is 2.33 bits per heavy atom. The van der Waals surface area contributed by atoms with Gasteiger partial charge in [-0.1, -0.05) is 6.92 Å². The Bertz CT molecular complexity index is 372. The highest BCUT2D eigenvalue weighted by molar-refractivity contribution is 5.94. The highest BCUT2D eigenvalue weighted by Crippen LogP contribution is 2.26. The number of nitrogens with two attached hydrogens (primary N) is 1. The normalized spacial score (nSPS) is 24.3. The molecular weight excluding hydrogens is 190 g/mol. The van der Waals surface area contributed by atoms with Gasteiger partial charge >= 0.3 is 0 Å². The zero-order valence-electron chi connectivity index (χ0n) is 8.73. The number of pyridine rings is 1. The second-order valence-electron chi connectivity index (χ2n) is 4.22. The van der Waals surface area contributed by atoms with Crippen molar-refractivity contribution in [2.45, 2.75) is 25.8 Å². The van der Waals surface area contributed by atoms with E-state index in [-0.39, 0.29) is 5.91 Å². The number of aromatic nitrogens is 1. The molecule has 1 saturated carbocycles. The standard InChI is InChI=1S/C11H15N3O/c1-7-4-9(5-7)14-11(15)8-2-3-13-10(12)6-8/h2-3,6-7,9H,4-5H2,1H3,(H2,12,13)(H,14,15). The van der Waals surface area contributed by atoms with Crippen molar-refractivity contribution in [3.8, 4) is 0 Å². The fraction of sp³-hybridized carbons (Fsp3) is 0.455. The van der Waals surface area contributed by atoms with Gasteiger partial charge in [-0.3, -0.25) is 4.79 Å². The van der Waals surface area contributed by atoms with Crippen molar-refractivity contribution in [2.24, 2.45) is 5.92 Å². The van der Waals surface area contributed by atoms with Gasteiger partial charge in [0, 0.05) is 17.8 Å². The highest BCUT2D eigenvalue weighted by Gasteiger charge is 2.26. The van der Waals surface area contributed by atoms with Gasteiger partial charge in [0.15, 0.2) is 0 Å². The van der Waals surface area contributed by atoms with Crippen molar-refractivity contribution in [3.63, 3.8) is 0 Å². The van der Waals surface area contributed by atoms with Crippen LogP contribution in [0.5, 0.6) is 0 Å². The average molecular weight is 205 g/mol. The summed E-state index contributed by atoms with van der Waals surface area (Å²) in [4.78, 5) is 15.6. The van der Waals surface area contributed by atoms with Gasteiger partial charge in [-0.2, -0.15) is 0 Å². The van der Waals surface area contributed by atoms with Crippen LogP contribution in [0, 0.1) is 5.92 Å². The molecule has 1 aliphatic rings. The lowest BCUT2D eigenvalue weighted by Crippen LogP contribution is -2.43. The third-order valence-electron chi connectivity index (χ3n) is 2.75. The molecular formula is C11H15N3O. The number of carbonyl (C=O) groups is 1. The molecule has 0 saturated heterocycles. The fourth-order valence-corrected chi connectivity index (χ4v) is 1.88. The third kappa shape index (κ3) is 2.26. The largest absolute Gasteiger partial charge is 0.384 e. The maximum atomic E-state index is 11.7. The van der Waals surface area contributed by atoms with Crippen molar-refractivity contribution < 1.29 is 4.79 Å². The third-order valence-corrected chi connectivity index (χ3v) is 2.75. The molecule has 2 rings (SSSR count). The number of nitrogen functional groups attached to an aromatic ring is 1. The summed E-state index contributed by atoms with van der Waals surface area (Å²) in [7, 11) is 0. The quantitative estimate of drug-likeness (QED) is 0.762. The molecule has 0 aliphatic heterocycles. The topological polar surface area (TPSA) is 68.0 Å². The van der Waals surface area contributed by atoms with Crippen LogP contribution < -0.4 is 11.1 Å².